The molecule has 1 aliphatic heterocycles. The Morgan fingerprint density at radius 3 is 2.53 bits per heavy atom. The van der Waals surface area contributed by atoms with Crippen LogP contribution in [0.4, 0.5) is 5.69 Å². The van der Waals surface area contributed by atoms with Gasteiger partial charge in [0.1, 0.15) is 6.17 Å². The van der Waals surface area contributed by atoms with E-state index in [-0.39, 0.29) is 17.5 Å². The number of β-lactam (4-membered cyclic amide) rings is 1. The second-order valence-electron chi connectivity index (χ2n) is 5.21. The van der Waals surface area contributed by atoms with Crippen LogP contribution in [0.2, 0.25) is 5.02 Å². The first kappa shape index (κ1) is 12.4. The Morgan fingerprint density at radius 2 is 2.00 bits per heavy atom. The quantitative estimate of drug-likeness (QED) is 0.756. The molecule has 0 radical (unpaired) electrons. The lowest BCUT2D eigenvalue weighted by molar-refractivity contribution is -0.142. The van der Waals surface area contributed by atoms with Crippen LogP contribution in [-0.2, 0) is 4.79 Å². The first-order chi connectivity index (χ1) is 7.85. The van der Waals surface area contributed by atoms with Gasteiger partial charge in [0.15, 0.2) is 0 Å². The van der Waals surface area contributed by atoms with E-state index in [0.717, 1.165) is 5.69 Å². The van der Waals surface area contributed by atoms with Crippen molar-refractivity contribution in [3.8, 4) is 0 Å². The number of carbonyl (C=O) groups is 1. The molecule has 0 spiro atoms. The molecule has 1 saturated heterocycles. The van der Waals surface area contributed by atoms with Gasteiger partial charge in [-0.15, -0.1) is 0 Å². The molecule has 0 unspecified atom stereocenters. The molecule has 0 aliphatic carbocycles. The van der Waals surface area contributed by atoms with Gasteiger partial charge >= 0.3 is 0 Å². The number of halogens is 1. The Kier molecular flexibility index (Phi) is 2.92. The zero-order chi connectivity index (χ0) is 12.8. The van der Waals surface area contributed by atoms with E-state index < -0.39 is 0 Å². The van der Waals surface area contributed by atoms with E-state index in [0.29, 0.717) is 5.02 Å². The minimum absolute atomic E-state index is 0.0773. The van der Waals surface area contributed by atoms with Crippen molar-refractivity contribution >= 4 is 23.2 Å². The minimum atomic E-state index is -0.341. The van der Waals surface area contributed by atoms with E-state index >= 15 is 0 Å². The molecule has 2 rings (SSSR count). The summed E-state index contributed by atoms with van der Waals surface area (Å²) in [5.41, 5.74) is 0.520. The molecule has 1 amide bonds. The Bertz CT molecular complexity index is 456. The highest BCUT2D eigenvalue weighted by Gasteiger charge is 2.55. The number of amides is 1. The second kappa shape index (κ2) is 4.00. The highest BCUT2D eigenvalue weighted by molar-refractivity contribution is 6.31. The Balaban J connectivity index is 2.36. The molecule has 0 N–H and O–H groups in total. The van der Waals surface area contributed by atoms with Crippen molar-refractivity contribution in [2.24, 2.45) is 5.41 Å². The van der Waals surface area contributed by atoms with E-state index in [4.69, 9.17) is 11.6 Å². The fourth-order valence-corrected chi connectivity index (χ4v) is 2.73. The van der Waals surface area contributed by atoms with Crippen molar-refractivity contribution < 1.29 is 4.79 Å². The summed E-state index contributed by atoms with van der Waals surface area (Å²) >= 11 is 5.96. The predicted octanol–water partition coefficient (Wildman–Crippen LogP) is 2.60. The van der Waals surface area contributed by atoms with Crippen LogP contribution >= 0.6 is 11.6 Å². The number of rotatable bonds is 2. The molecule has 1 aromatic carbocycles. The average molecular weight is 253 g/mol. The summed E-state index contributed by atoms with van der Waals surface area (Å²) in [6, 6.07) is 7.41. The fraction of sp³-hybridized carbons (Fsp3) is 0.462. The number of anilines is 1. The SMILES string of the molecule is CN(C)[C@@H]1N(c2cccc(Cl)c2)C(=O)C1(C)C. The lowest BCUT2D eigenvalue weighted by Gasteiger charge is -2.55. The molecule has 0 saturated carbocycles. The zero-order valence-corrected chi connectivity index (χ0v) is 11.3. The first-order valence-electron chi connectivity index (χ1n) is 5.61. The van der Waals surface area contributed by atoms with Crippen LogP contribution in [0, 0.1) is 5.41 Å². The van der Waals surface area contributed by atoms with Crippen LogP contribution in [0.25, 0.3) is 0 Å². The normalized spacial score (nSPS) is 22.8. The largest absolute Gasteiger partial charge is 0.294 e. The summed E-state index contributed by atoms with van der Waals surface area (Å²) in [5.74, 6) is 0.137. The maximum absolute atomic E-state index is 12.2. The van der Waals surface area contributed by atoms with Crippen molar-refractivity contribution in [3.63, 3.8) is 0 Å². The molecule has 92 valence electrons. The molecular weight excluding hydrogens is 236 g/mol. The second-order valence-corrected chi connectivity index (χ2v) is 5.65. The Hall–Kier alpha value is -1.06. The lowest BCUT2D eigenvalue weighted by atomic mass is 9.77. The number of carbonyl (C=O) groups excluding carboxylic acids is 1. The Labute approximate surface area is 107 Å². The smallest absolute Gasteiger partial charge is 0.237 e. The van der Waals surface area contributed by atoms with Crippen LogP contribution in [0.3, 0.4) is 0 Å². The molecule has 4 heteroatoms. The average Bonchev–Trinajstić information content (AvgIpc) is 2.24. The van der Waals surface area contributed by atoms with Crippen LogP contribution in [0.5, 0.6) is 0 Å². The fourth-order valence-electron chi connectivity index (χ4n) is 2.55. The molecule has 1 atom stereocenters. The molecule has 1 heterocycles. The number of hydrogen-bond acceptors (Lipinski definition) is 2. The van der Waals surface area contributed by atoms with E-state index in [9.17, 15) is 4.79 Å². The Morgan fingerprint density at radius 1 is 1.35 bits per heavy atom. The number of nitrogens with zero attached hydrogens (tertiary/aromatic N) is 2. The summed E-state index contributed by atoms with van der Waals surface area (Å²) in [6.45, 7) is 3.95. The van der Waals surface area contributed by atoms with Gasteiger partial charge < -0.3 is 0 Å². The van der Waals surface area contributed by atoms with Crippen LogP contribution < -0.4 is 4.90 Å². The van der Waals surface area contributed by atoms with E-state index in [2.05, 4.69) is 4.90 Å². The highest BCUT2D eigenvalue weighted by atomic mass is 35.5. The van der Waals surface area contributed by atoms with Gasteiger partial charge in [-0.05, 0) is 46.1 Å². The standard InChI is InChI=1S/C13H17ClN2O/c1-13(2)11(15(3)4)16(12(13)17)10-7-5-6-9(14)8-10/h5-8,11H,1-4H3/t11-/m1/s1. The third-order valence-corrected chi connectivity index (χ3v) is 3.47. The van der Waals surface area contributed by atoms with Gasteiger partial charge in [0.2, 0.25) is 5.91 Å². The monoisotopic (exact) mass is 252 g/mol. The molecule has 3 nitrogen and oxygen atoms in total. The summed E-state index contributed by atoms with van der Waals surface area (Å²) in [6.07, 6.45) is 0.0773. The van der Waals surface area contributed by atoms with E-state index in [1.54, 1.807) is 4.90 Å². The van der Waals surface area contributed by atoms with Gasteiger partial charge in [0, 0.05) is 10.7 Å². The minimum Gasteiger partial charge on any atom is -0.294 e. The number of hydrogen-bond donors (Lipinski definition) is 0. The maximum atomic E-state index is 12.2. The maximum Gasteiger partial charge on any atom is 0.237 e. The van der Waals surface area contributed by atoms with Crippen molar-refractivity contribution in [2.45, 2.75) is 20.0 Å². The van der Waals surface area contributed by atoms with Gasteiger partial charge in [-0.2, -0.15) is 0 Å². The van der Waals surface area contributed by atoms with Crippen LogP contribution in [0.15, 0.2) is 24.3 Å². The topological polar surface area (TPSA) is 23.6 Å². The van der Waals surface area contributed by atoms with Crippen molar-refractivity contribution in [3.05, 3.63) is 29.3 Å². The van der Waals surface area contributed by atoms with Crippen molar-refractivity contribution in [2.75, 3.05) is 19.0 Å². The molecule has 1 aliphatic rings. The van der Waals surface area contributed by atoms with Gasteiger partial charge in [-0.1, -0.05) is 17.7 Å². The summed E-state index contributed by atoms with van der Waals surface area (Å²) in [5, 5.41) is 0.650. The van der Waals surface area contributed by atoms with Crippen molar-refractivity contribution in [1.82, 2.24) is 4.90 Å². The number of benzene rings is 1. The molecule has 0 bridgehead atoms. The first-order valence-corrected chi connectivity index (χ1v) is 5.99. The molecular formula is C13H17ClN2O. The summed E-state index contributed by atoms with van der Waals surface area (Å²) in [7, 11) is 3.97. The van der Waals surface area contributed by atoms with E-state index in [1.807, 2.05) is 52.2 Å². The van der Waals surface area contributed by atoms with E-state index in [1.165, 1.54) is 0 Å². The molecule has 0 aromatic heterocycles. The predicted molar refractivity (Wildman–Crippen MR) is 70.2 cm³/mol. The van der Waals surface area contributed by atoms with Crippen LogP contribution in [-0.4, -0.2) is 31.1 Å². The molecule has 17 heavy (non-hydrogen) atoms. The zero-order valence-electron chi connectivity index (χ0n) is 10.6. The van der Waals surface area contributed by atoms with Crippen molar-refractivity contribution in [1.29, 1.82) is 0 Å². The lowest BCUT2D eigenvalue weighted by Crippen LogP contribution is -2.71. The van der Waals surface area contributed by atoms with Gasteiger partial charge in [-0.3, -0.25) is 14.6 Å². The summed E-state index contributed by atoms with van der Waals surface area (Å²) in [4.78, 5) is 16.0. The summed E-state index contributed by atoms with van der Waals surface area (Å²) < 4.78 is 0. The third-order valence-electron chi connectivity index (χ3n) is 3.24. The molecule has 1 fully saturated rings. The van der Waals surface area contributed by atoms with Crippen LogP contribution in [0.1, 0.15) is 13.8 Å². The van der Waals surface area contributed by atoms with Gasteiger partial charge in [-0.25, -0.2) is 0 Å². The highest BCUT2D eigenvalue weighted by Crippen LogP contribution is 2.43. The van der Waals surface area contributed by atoms with Gasteiger partial charge in [0.25, 0.3) is 0 Å². The third kappa shape index (κ3) is 1.83. The van der Waals surface area contributed by atoms with Gasteiger partial charge in [0.05, 0.1) is 5.41 Å². The molecule has 1 aromatic rings.